The Kier molecular flexibility index (Phi) is 3.70. The van der Waals surface area contributed by atoms with Gasteiger partial charge in [0, 0.05) is 12.6 Å². The van der Waals surface area contributed by atoms with Crippen molar-refractivity contribution in [2.45, 2.75) is 19.4 Å². The first kappa shape index (κ1) is 9.98. The second kappa shape index (κ2) is 4.81. The summed E-state index contributed by atoms with van der Waals surface area (Å²) in [6.45, 7) is 2.95. The van der Waals surface area contributed by atoms with Gasteiger partial charge in [0.2, 0.25) is 5.91 Å². The third-order valence-corrected chi connectivity index (χ3v) is 1.82. The summed E-state index contributed by atoms with van der Waals surface area (Å²) >= 11 is 0. The van der Waals surface area contributed by atoms with Gasteiger partial charge in [0.25, 0.3) is 0 Å². The molecule has 0 aliphatic carbocycles. The summed E-state index contributed by atoms with van der Waals surface area (Å²) in [4.78, 5) is 21.7. The van der Waals surface area contributed by atoms with Gasteiger partial charge in [-0.25, -0.2) is 0 Å². The van der Waals surface area contributed by atoms with Crippen LogP contribution in [0.5, 0.6) is 0 Å². The maximum atomic E-state index is 11.0. The minimum atomic E-state index is -0.226. The third-order valence-electron chi connectivity index (χ3n) is 1.82. The van der Waals surface area contributed by atoms with Crippen LogP contribution in [0.4, 0.5) is 0 Å². The average Bonchev–Trinajstić information content (AvgIpc) is 2.09. The minimum absolute atomic E-state index is 0.0109. The Hall–Kier alpha value is -1.10. The molecule has 74 valence electrons. The molecule has 0 saturated carbocycles. The number of nitrogens with one attached hydrogen (secondary N) is 2. The lowest BCUT2D eigenvalue weighted by atomic mass is 10.2. The van der Waals surface area contributed by atoms with Crippen molar-refractivity contribution in [3.63, 3.8) is 0 Å². The Bertz CT molecular complexity index is 196. The topological polar surface area (TPSA) is 67.4 Å². The Labute approximate surface area is 76.8 Å². The van der Waals surface area contributed by atoms with Crippen LogP contribution in [0.25, 0.3) is 0 Å². The molecule has 5 nitrogen and oxygen atoms in total. The van der Waals surface area contributed by atoms with Crippen molar-refractivity contribution in [3.05, 3.63) is 0 Å². The van der Waals surface area contributed by atoms with E-state index in [-0.39, 0.29) is 24.5 Å². The molecule has 1 saturated heterocycles. The third kappa shape index (κ3) is 3.42. The monoisotopic (exact) mass is 186 g/mol. The van der Waals surface area contributed by atoms with Crippen molar-refractivity contribution < 1.29 is 14.3 Å². The fourth-order valence-electron chi connectivity index (χ4n) is 1.17. The molecule has 2 N–H and O–H groups in total. The quantitative estimate of drug-likeness (QED) is 0.556. The maximum Gasteiger partial charge on any atom is 0.307 e. The molecule has 1 fully saturated rings. The molecule has 1 amide bonds. The fraction of sp³-hybridized carbons (Fsp3) is 0.750. The van der Waals surface area contributed by atoms with Crippen molar-refractivity contribution >= 4 is 11.9 Å². The van der Waals surface area contributed by atoms with Gasteiger partial charge in [0.15, 0.2) is 0 Å². The number of esters is 1. The number of hydrogen-bond acceptors (Lipinski definition) is 4. The lowest BCUT2D eigenvalue weighted by Gasteiger charge is -2.22. The zero-order chi connectivity index (χ0) is 9.68. The summed E-state index contributed by atoms with van der Waals surface area (Å²) in [5.41, 5.74) is 0. The predicted molar refractivity (Wildman–Crippen MR) is 46.1 cm³/mol. The van der Waals surface area contributed by atoms with Crippen LogP contribution in [-0.2, 0) is 14.3 Å². The normalized spacial score (nSPS) is 22.2. The highest BCUT2D eigenvalue weighted by atomic mass is 16.5. The van der Waals surface area contributed by atoms with Gasteiger partial charge in [-0.3, -0.25) is 9.59 Å². The molecule has 1 aliphatic heterocycles. The highest BCUT2D eigenvalue weighted by molar-refractivity contribution is 5.79. The van der Waals surface area contributed by atoms with E-state index in [1.165, 1.54) is 0 Å². The molecule has 1 atom stereocenters. The molecular formula is C8H14N2O3. The van der Waals surface area contributed by atoms with Crippen LogP contribution < -0.4 is 10.6 Å². The number of rotatable bonds is 3. The molecule has 13 heavy (non-hydrogen) atoms. The zero-order valence-electron chi connectivity index (χ0n) is 7.63. The van der Waals surface area contributed by atoms with E-state index >= 15 is 0 Å². The molecule has 0 bridgehead atoms. The molecule has 0 aromatic rings. The first-order valence-corrected chi connectivity index (χ1v) is 4.38. The number of carbonyl (C=O) groups is 2. The molecule has 0 spiro atoms. The number of piperazine rings is 1. The molecule has 1 aliphatic rings. The minimum Gasteiger partial charge on any atom is -0.466 e. The van der Waals surface area contributed by atoms with Gasteiger partial charge in [-0.15, -0.1) is 0 Å². The summed E-state index contributed by atoms with van der Waals surface area (Å²) in [7, 11) is 0. The summed E-state index contributed by atoms with van der Waals surface area (Å²) in [6.07, 6.45) is 0.314. The fourth-order valence-corrected chi connectivity index (χ4v) is 1.17. The SMILES string of the molecule is CCOC(=O)C[C@@H]1CNC(=O)CN1. The van der Waals surface area contributed by atoms with Crippen molar-refractivity contribution in [1.82, 2.24) is 10.6 Å². The van der Waals surface area contributed by atoms with E-state index in [4.69, 9.17) is 4.74 Å². The number of amides is 1. The molecule has 1 rings (SSSR count). The first-order valence-electron chi connectivity index (χ1n) is 4.38. The number of hydrogen-bond donors (Lipinski definition) is 2. The van der Waals surface area contributed by atoms with Gasteiger partial charge in [0.1, 0.15) is 0 Å². The average molecular weight is 186 g/mol. The smallest absolute Gasteiger partial charge is 0.307 e. The summed E-state index contributed by atoms with van der Waals surface area (Å²) in [5.74, 6) is -0.253. The highest BCUT2D eigenvalue weighted by Crippen LogP contribution is 1.96. The summed E-state index contributed by atoms with van der Waals surface area (Å²) in [6, 6.07) is 0.0109. The Morgan fingerprint density at radius 2 is 2.46 bits per heavy atom. The second-order valence-electron chi connectivity index (χ2n) is 2.89. The summed E-state index contributed by atoms with van der Waals surface area (Å²) < 4.78 is 4.78. The van der Waals surface area contributed by atoms with Crippen LogP contribution in [0.2, 0.25) is 0 Å². The Morgan fingerprint density at radius 3 is 3.00 bits per heavy atom. The zero-order valence-corrected chi connectivity index (χ0v) is 7.63. The van der Waals surface area contributed by atoms with E-state index in [1.807, 2.05) is 0 Å². The van der Waals surface area contributed by atoms with Crippen LogP contribution in [0.1, 0.15) is 13.3 Å². The first-order chi connectivity index (χ1) is 6.22. The maximum absolute atomic E-state index is 11.0. The number of ether oxygens (including phenoxy) is 1. The van der Waals surface area contributed by atoms with Crippen molar-refractivity contribution in [3.8, 4) is 0 Å². The van der Waals surface area contributed by atoms with Gasteiger partial charge >= 0.3 is 5.97 Å². The van der Waals surface area contributed by atoms with Gasteiger partial charge in [0.05, 0.1) is 19.6 Å². The van der Waals surface area contributed by atoms with E-state index < -0.39 is 0 Å². The van der Waals surface area contributed by atoms with E-state index in [2.05, 4.69) is 10.6 Å². The van der Waals surface area contributed by atoms with Crippen LogP contribution >= 0.6 is 0 Å². The van der Waals surface area contributed by atoms with Crippen LogP contribution in [0, 0.1) is 0 Å². The summed E-state index contributed by atoms with van der Waals surface area (Å²) in [5, 5.41) is 5.62. The molecule has 0 aromatic heterocycles. The van der Waals surface area contributed by atoms with Crippen molar-refractivity contribution in [2.75, 3.05) is 19.7 Å². The molecule has 1 heterocycles. The molecule has 0 unspecified atom stereocenters. The van der Waals surface area contributed by atoms with Gasteiger partial charge in [-0.05, 0) is 6.92 Å². The highest BCUT2D eigenvalue weighted by Gasteiger charge is 2.19. The van der Waals surface area contributed by atoms with Crippen LogP contribution in [0.15, 0.2) is 0 Å². The van der Waals surface area contributed by atoms with Crippen LogP contribution in [-0.4, -0.2) is 37.6 Å². The van der Waals surface area contributed by atoms with E-state index in [1.54, 1.807) is 6.92 Å². The van der Waals surface area contributed by atoms with Gasteiger partial charge in [-0.2, -0.15) is 0 Å². The molecule has 0 aromatic carbocycles. The van der Waals surface area contributed by atoms with E-state index in [0.29, 0.717) is 19.6 Å². The lowest BCUT2D eigenvalue weighted by Crippen LogP contribution is -2.52. The second-order valence-corrected chi connectivity index (χ2v) is 2.89. The lowest BCUT2D eigenvalue weighted by molar-refractivity contribution is -0.144. The van der Waals surface area contributed by atoms with Gasteiger partial charge in [-0.1, -0.05) is 0 Å². The molecule has 5 heteroatoms. The van der Waals surface area contributed by atoms with Crippen molar-refractivity contribution in [1.29, 1.82) is 0 Å². The van der Waals surface area contributed by atoms with E-state index in [0.717, 1.165) is 0 Å². The predicted octanol–water partition coefficient (Wildman–Crippen LogP) is -0.972. The Balaban J connectivity index is 2.22. The van der Waals surface area contributed by atoms with E-state index in [9.17, 15) is 9.59 Å². The molecule has 0 radical (unpaired) electrons. The van der Waals surface area contributed by atoms with Crippen molar-refractivity contribution in [2.24, 2.45) is 0 Å². The largest absolute Gasteiger partial charge is 0.466 e. The van der Waals surface area contributed by atoms with Gasteiger partial charge < -0.3 is 15.4 Å². The standard InChI is InChI=1S/C8H14N2O3/c1-2-13-8(12)3-6-4-10-7(11)5-9-6/h6,9H,2-5H2,1H3,(H,10,11)/t6-/m1/s1. The van der Waals surface area contributed by atoms with Crippen LogP contribution in [0.3, 0.4) is 0 Å². The Morgan fingerprint density at radius 1 is 1.69 bits per heavy atom. The number of carbonyl (C=O) groups excluding carboxylic acids is 2. The molecular weight excluding hydrogens is 172 g/mol.